The normalized spacial score (nSPS) is 22.7. The molecule has 1 aromatic carbocycles. The van der Waals surface area contributed by atoms with Crippen LogP contribution in [-0.4, -0.2) is 42.4 Å². The Labute approximate surface area is 179 Å². The van der Waals surface area contributed by atoms with Gasteiger partial charge in [-0.05, 0) is 74.1 Å². The number of hydrogen-bond donors (Lipinski definition) is 2. The third-order valence-corrected chi connectivity index (χ3v) is 7.65. The van der Waals surface area contributed by atoms with Crippen molar-refractivity contribution in [1.29, 1.82) is 0 Å². The molecule has 1 saturated heterocycles. The first kappa shape index (κ1) is 20.8. The lowest BCUT2D eigenvalue weighted by atomic mass is 9.77. The molecule has 29 heavy (non-hydrogen) atoms. The summed E-state index contributed by atoms with van der Waals surface area (Å²) in [6, 6.07) is 7.62. The maximum Gasteiger partial charge on any atom is 0.185 e. The van der Waals surface area contributed by atoms with Gasteiger partial charge in [-0.3, -0.25) is 0 Å². The topological polar surface area (TPSA) is 48.4 Å². The van der Waals surface area contributed by atoms with Gasteiger partial charge in [0.1, 0.15) is 0 Å². The summed E-state index contributed by atoms with van der Waals surface area (Å²) in [5.41, 5.74) is 5.47. The molecule has 2 atom stereocenters. The number of benzene rings is 1. The predicted molar refractivity (Wildman–Crippen MR) is 123 cm³/mol. The third kappa shape index (κ3) is 4.84. The first-order valence-electron chi connectivity index (χ1n) is 11.3. The molecule has 158 valence electrons. The van der Waals surface area contributed by atoms with Crippen molar-refractivity contribution in [2.45, 2.75) is 70.3 Å². The van der Waals surface area contributed by atoms with E-state index in [2.05, 4.69) is 47.6 Å². The molecule has 5 heteroatoms. The number of hydrogen-bond acceptors (Lipinski definition) is 5. The van der Waals surface area contributed by atoms with Crippen LogP contribution in [0.5, 0.6) is 0 Å². The van der Waals surface area contributed by atoms with Gasteiger partial charge in [-0.2, -0.15) is 0 Å². The highest BCUT2D eigenvalue weighted by Gasteiger charge is 2.24. The van der Waals surface area contributed by atoms with Gasteiger partial charge >= 0.3 is 0 Å². The minimum atomic E-state index is 0.300. The highest BCUT2D eigenvalue weighted by Crippen LogP contribution is 2.40. The molecule has 0 saturated carbocycles. The van der Waals surface area contributed by atoms with E-state index in [0.717, 1.165) is 43.3 Å². The van der Waals surface area contributed by atoms with Crippen LogP contribution >= 0.6 is 11.3 Å². The smallest absolute Gasteiger partial charge is 0.185 e. The lowest BCUT2D eigenvalue weighted by Crippen LogP contribution is -2.42. The summed E-state index contributed by atoms with van der Waals surface area (Å²) in [4.78, 5) is 7.45. The maximum absolute atomic E-state index is 8.89. The van der Waals surface area contributed by atoms with Crippen LogP contribution in [0.3, 0.4) is 0 Å². The fourth-order valence-corrected chi connectivity index (χ4v) is 5.67. The van der Waals surface area contributed by atoms with Gasteiger partial charge in [-0.15, -0.1) is 11.3 Å². The molecule has 2 heterocycles. The summed E-state index contributed by atoms with van der Waals surface area (Å²) in [6.07, 6.45) is 6.90. The molecule has 2 N–H and O–H groups in total. The zero-order valence-corrected chi connectivity index (χ0v) is 18.7. The molecule has 0 spiro atoms. The van der Waals surface area contributed by atoms with Crippen molar-refractivity contribution in [3.63, 3.8) is 0 Å². The van der Waals surface area contributed by atoms with Gasteiger partial charge in [-0.25, -0.2) is 4.98 Å². The van der Waals surface area contributed by atoms with Crippen molar-refractivity contribution in [1.82, 2.24) is 10.3 Å². The van der Waals surface area contributed by atoms with Gasteiger partial charge in [0, 0.05) is 36.7 Å². The van der Waals surface area contributed by atoms with Gasteiger partial charge in [0.2, 0.25) is 0 Å². The van der Waals surface area contributed by atoms with Crippen molar-refractivity contribution in [3.05, 3.63) is 34.7 Å². The molecular weight excluding hydrogens is 378 g/mol. The average molecular weight is 414 g/mol. The number of piperidine rings is 1. The van der Waals surface area contributed by atoms with Crippen LogP contribution in [0.1, 0.15) is 75.3 Å². The summed E-state index contributed by atoms with van der Waals surface area (Å²) in [7, 11) is 0. The molecule has 1 aliphatic heterocycles. The zero-order valence-electron chi connectivity index (χ0n) is 17.9. The Balaban J connectivity index is 1.38. The summed E-state index contributed by atoms with van der Waals surface area (Å²) >= 11 is 1.78. The molecule has 1 aliphatic carbocycles. The molecule has 0 bridgehead atoms. The molecule has 0 radical (unpaired) electrons. The van der Waals surface area contributed by atoms with E-state index in [9.17, 15) is 0 Å². The zero-order chi connectivity index (χ0) is 20.2. The van der Waals surface area contributed by atoms with E-state index in [0.29, 0.717) is 24.5 Å². The van der Waals surface area contributed by atoms with Crippen molar-refractivity contribution < 1.29 is 5.11 Å². The second kappa shape index (κ2) is 9.59. The molecule has 0 unspecified atom stereocenters. The quantitative estimate of drug-likeness (QED) is 0.617. The number of nitrogens with zero attached hydrogens (tertiary/aromatic N) is 2. The summed E-state index contributed by atoms with van der Waals surface area (Å²) < 4.78 is 0. The van der Waals surface area contributed by atoms with Gasteiger partial charge in [-0.1, -0.05) is 26.0 Å². The number of unbranched alkanes of at least 4 members (excludes halogenated alkanes) is 1. The van der Waals surface area contributed by atoms with Crippen LogP contribution in [0.2, 0.25) is 0 Å². The van der Waals surface area contributed by atoms with Crippen LogP contribution in [0.15, 0.2) is 23.6 Å². The first-order valence-corrected chi connectivity index (χ1v) is 12.2. The molecule has 0 amide bonds. The monoisotopic (exact) mass is 413 g/mol. The fraction of sp³-hybridized carbons (Fsp3) is 0.625. The number of nitrogens with one attached hydrogen (secondary N) is 1. The first-order chi connectivity index (χ1) is 14.2. The minimum Gasteiger partial charge on any atom is -0.396 e. The minimum absolute atomic E-state index is 0.300. The van der Waals surface area contributed by atoms with Gasteiger partial charge in [0.15, 0.2) is 5.13 Å². The predicted octanol–water partition coefficient (Wildman–Crippen LogP) is 5.14. The highest BCUT2D eigenvalue weighted by atomic mass is 32.1. The Morgan fingerprint density at radius 2 is 1.83 bits per heavy atom. The molecular formula is C24H35N3OS. The highest BCUT2D eigenvalue weighted by molar-refractivity contribution is 7.14. The lowest BCUT2D eigenvalue weighted by molar-refractivity contribution is 0.281. The molecule has 4 rings (SSSR count). The molecule has 1 aromatic heterocycles. The van der Waals surface area contributed by atoms with E-state index in [1.807, 2.05) is 0 Å². The van der Waals surface area contributed by atoms with Crippen LogP contribution in [-0.2, 0) is 0 Å². The Hall–Kier alpha value is -1.43. The largest absolute Gasteiger partial charge is 0.396 e. The standard InChI is InChI=1S/C24H35N3OS/c1-17-5-6-18(2)22-15-19(7-8-21(17)22)23-16-29-24(26-23)27-12-9-20(10-13-27)25-11-3-4-14-28/h7-8,15-18,20,25,28H,3-6,9-14H2,1-2H3/t17-,18+/m1/s1. The van der Waals surface area contributed by atoms with Crippen molar-refractivity contribution in [2.75, 3.05) is 31.1 Å². The summed E-state index contributed by atoms with van der Waals surface area (Å²) in [5.74, 6) is 1.34. The van der Waals surface area contributed by atoms with Gasteiger partial charge < -0.3 is 15.3 Å². The van der Waals surface area contributed by atoms with E-state index in [4.69, 9.17) is 10.1 Å². The van der Waals surface area contributed by atoms with Crippen LogP contribution < -0.4 is 10.2 Å². The van der Waals surface area contributed by atoms with Crippen LogP contribution in [0.25, 0.3) is 11.3 Å². The SMILES string of the molecule is C[C@@H]1CC[C@H](C)c2cc(-c3csc(N4CCC(NCCCCO)CC4)n3)ccc21. The number of rotatable bonds is 7. The Kier molecular flexibility index (Phi) is 6.88. The Morgan fingerprint density at radius 1 is 1.07 bits per heavy atom. The number of thiazole rings is 1. The summed E-state index contributed by atoms with van der Waals surface area (Å²) in [6.45, 7) is 8.18. The van der Waals surface area contributed by atoms with Gasteiger partial charge in [0.05, 0.1) is 5.69 Å². The van der Waals surface area contributed by atoms with E-state index in [1.54, 1.807) is 11.3 Å². The summed E-state index contributed by atoms with van der Waals surface area (Å²) in [5, 5.41) is 15.9. The van der Waals surface area contributed by atoms with E-state index in [1.165, 1.54) is 42.4 Å². The van der Waals surface area contributed by atoms with Crippen LogP contribution in [0, 0.1) is 0 Å². The van der Waals surface area contributed by atoms with Crippen molar-refractivity contribution in [2.24, 2.45) is 0 Å². The number of anilines is 1. The lowest BCUT2D eigenvalue weighted by Gasteiger charge is -2.32. The molecule has 4 nitrogen and oxygen atoms in total. The molecule has 1 fully saturated rings. The Morgan fingerprint density at radius 3 is 2.59 bits per heavy atom. The second-order valence-corrected chi connectivity index (χ2v) is 9.72. The molecule has 2 aromatic rings. The van der Waals surface area contributed by atoms with Crippen molar-refractivity contribution in [3.8, 4) is 11.3 Å². The number of aliphatic hydroxyl groups excluding tert-OH is 1. The van der Waals surface area contributed by atoms with E-state index >= 15 is 0 Å². The average Bonchev–Trinajstić information content (AvgIpc) is 3.24. The maximum atomic E-state index is 8.89. The van der Waals surface area contributed by atoms with Crippen LogP contribution in [0.4, 0.5) is 5.13 Å². The number of aliphatic hydroxyl groups is 1. The van der Waals surface area contributed by atoms with Gasteiger partial charge in [0.25, 0.3) is 0 Å². The van der Waals surface area contributed by atoms with E-state index in [-0.39, 0.29) is 0 Å². The van der Waals surface area contributed by atoms with Crippen molar-refractivity contribution >= 4 is 16.5 Å². The van der Waals surface area contributed by atoms with E-state index < -0.39 is 0 Å². The number of aromatic nitrogens is 1. The fourth-order valence-electron chi connectivity index (χ4n) is 4.78. The third-order valence-electron chi connectivity index (χ3n) is 6.75. The second-order valence-electron chi connectivity index (χ2n) is 8.88. The number of fused-ring (bicyclic) bond motifs is 1. The Bertz CT molecular complexity index is 797. The molecule has 2 aliphatic rings.